The summed E-state index contributed by atoms with van der Waals surface area (Å²) in [6.45, 7) is 0. The summed E-state index contributed by atoms with van der Waals surface area (Å²) >= 11 is 3.26. The van der Waals surface area contributed by atoms with Gasteiger partial charge in [-0.3, -0.25) is 0 Å². The van der Waals surface area contributed by atoms with Gasteiger partial charge in [-0.2, -0.15) is 0 Å². The van der Waals surface area contributed by atoms with E-state index in [1.807, 2.05) is 18.2 Å². The number of hydrogen-bond donors (Lipinski definition) is 0. The van der Waals surface area contributed by atoms with Crippen LogP contribution >= 0.6 is 15.9 Å². The summed E-state index contributed by atoms with van der Waals surface area (Å²) in [6, 6.07) is 17.5. The molecule has 2 aromatic rings. The number of alkyl halides is 1. The van der Waals surface area contributed by atoms with Crippen LogP contribution in [-0.2, 0) is 9.84 Å². The monoisotopic (exact) mass is 310 g/mol. The Morgan fingerprint density at radius 3 is 1.82 bits per heavy atom. The quantitative estimate of drug-likeness (QED) is 0.812. The number of benzene rings is 2. The van der Waals surface area contributed by atoms with Crippen LogP contribution in [0.1, 0.15) is 9.72 Å². The first kappa shape index (κ1) is 12.3. The largest absolute Gasteiger partial charge is 0.222 e. The first-order valence-corrected chi connectivity index (χ1v) is 7.56. The van der Waals surface area contributed by atoms with Crippen molar-refractivity contribution in [2.24, 2.45) is 0 Å². The van der Waals surface area contributed by atoms with Gasteiger partial charge in [-0.25, -0.2) is 8.42 Å². The van der Waals surface area contributed by atoms with Crippen LogP contribution in [-0.4, -0.2) is 8.42 Å². The molecule has 0 aliphatic carbocycles. The molecule has 0 spiro atoms. The van der Waals surface area contributed by atoms with Crippen LogP contribution in [0.4, 0.5) is 0 Å². The third kappa shape index (κ3) is 2.58. The second-order valence-corrected chi connectivity index (χ2v) is 7.14. The fraction of sp³-hybridized carbons (Fsp3) is 0.0769. The highest BCUT2D eigenvalue weighted by atomic mass is 79.9. The molecule has 0 amide bonds. The first-order chi connectivity index (χ1) is 8.12. The van der Waals surface area contributed by atoms with Gasteiger partial charge >= 0.3 is 0 Å². The van der Waals surface area contributed by atoms with Crippen LogP contribution < -0.4 is 0 Å². The molecule has 1 atom stereocenters. The number of rotatable bonds is 3. The summed E-state index contributed by atoms with van der Waals surface area (Å²) < 4.78 is 23.9. The zero-order valence-electron chi connectivity index (χ0n) is 8.95. The van der Waals surface area contributed by atoms with Gasteiger partial charge in [0.1, 0.15) is 4.16 Å². The minimum Gasteiger partial charge on any atom is -0.222 e. The van der Waals surface area contributed by atoms with Gasteiger partial charge in [-0.1, -0.05) is 64.5 Å². The van der Waals surface area contributed by atoms with E-state index < -0.39 is 14.0 Å². The molecule has 0 fully saturated rings. The second kappa shape index (κ2) is 5.02. The Balaban J connectivity index is 2.41. The molecule has 0 N–H and O–H groups in total. The van der Waals surface area contributed by atoms with E-state index in [9.17, 15) is 8.42 Å². The molecule has 0 aliphatic rings. The molecule has 0 saturated heterocycles. The number of halogens is 1. The van der Waals surface area contributed by atoms with Crippen molar-refractivity contribution in [3.8, 4) is 0 Å². The molecule has 17 heavy (non-hydrogen) atoms. The molecule has 4 heteroatoms. The van der Waals surface area contributed by atoms with Gasteiger partial charge < -0.3 is 0 Å². The molecular weight excluding hydrogens is 300 g/mol. The Hall–Kier alpha value is -1.13. The average Bonchev–Trinajstić information content (AvgIpc) is 2.40. The summed E-state index contributed by atoms with van der Waals surface area (Å²) in [5.74, 6) is 0. The van der Waals surface area contributed by atoms with Gasteiger partial charge in [0, 0.05) is 0 Å². The van der Waals surface area contributed by atoms with Crippen molar-refractivity contribution in [3.05, 3.63) is 66.2 Å². The van der Waals surface area contributed by atoms with E-state index in [1.165, 1.54) is 0 Å². The fourth-order valence-electron chi connectivity index (χ4n) is 1.51. The van der Waals surface area contributed by atoms with Crippen molar-refractivity contribution < 1.29 is 8.42 Å². The second-order valence-electron chi connectivity index (χ2n) is 3.58. The lowest BCUT2D eigenvalue weighted by Gasteiger charge is -2.11. The van der Waals surface area contributed by atoms with Crippen LogP contribution in [0.2, 0.25) is 0 Å². The van der Waals surface area contributed by atoms with Crippen molar-refractivity contribution in [1.29, 1.82) is 0 Å². The summed E-state index contributed by atoms with van der Waals surface area (Å²) in [5, 5.41) is 0. The Kier molecular flexibility index (Phi) is 3.64. The van der Waals surface area contributed by atoms with E-state index in [4.69, 9.17) is 0 Å². The van der Waals surface area contributed by atoms with Crippen molar-refractivity contribution in [3.63, 3.8) is 0 Å². The SMILES string of the molecule is O=S(=O)(c1ccccc1)C(Br)c1ccccc1. The molecule has 0 radical (unpaired) electrons. The lowest BCUT2D eigenvalue weighted by atomic mass is 10.2. The molecule has 88 valence electrons. The molecule has 0 saturated carbocycles. The molecule has 0 aliphatic heterocycles. The fourth-order valence-corrected chi connectivity index (χ4v) is 3.76. The number of sulfone groups is 1. The zero-order chi connectivity index (χ0) is 12.3. The molecule has 0 heterocycles. The minimum absolute atomic E-state index is 0.325. The number of hydrogen-bond acceptors (Lipinski definition) is 2. The lowest BCUT2D eigenvalue weighted by molar-refractivity contribution is 0.595. The van der Waals surface area contributed by atoms with Crippen molar-refractivity contribution >= 4 is 25.8 Å². The van der Waals surface area contributed by atoms with Crippen LogP contribution in [0.15, 0.2) is 65.6 Å². The van der Waals surface area contributed by atoms with Gasteiger partial charge in [0.25, 0.3) is 0 Å². The maximum Gasteiger partial charge on any atom is 0.195 e. The topological polar surface area (TPSA) is 34.1 Å². The lowest BCUT2D eigenvalue weighted by Crippen LogP contribution is -2.07. The molecule has 2 nitrogen and oxygen atoms in total. The third-order valence-electron chi connectivity index (χ3n) is 2.41. The van der Waals surface area contributed by atoms with E-state index in [2.05, 4.69) is 15.9 Å². The molecule has 2 rings (SSSR count). The van der Waals surface area contributed by atoms with Crippen LogP contribution in [0.25, 0.3) is 0 Å². The minimum atomic E-state index is -3.38. The highest BCUT2D eigenvalue weighted by Gasteiger charge is 2.25. The van der Waals surface area contributed by atoms with Crippen molar-refractivity contribution in [2.75, 3.05) is 0 Å². The Morgan fingerprint density at radius 2 is 1.29 bits per heavy atom. The van der Waals surface area contributed by atoms with E-state index in [1.54, 1.807) is 42.5 Å². The van der Waals surface area contributed by atoms with Crippen molar-refractivity contribution in [1.82, 2.24) is 0 Å². The molecule has 1 unspecified atom stereocenters. The molecular formula is C13H11BrO2S. The van der Waals surface area contributed by atoms with E-state index >= 15 is 0 Å². The Bertz CT molecular complexity index is 579. The van der Waals surface area contributed by atoms with Gasteiger partial charge in [0.2, 0.25) is 0 Å². The zero-order valence-corrected chi connectivity index (χ0v) is 11.4. The average molecular weight is 311 g/mol. The predicted molar refractivity (Wildman–Crippen MR) is 71.7 cm³/mol. The molecule has 2 aromatic carbocycles. The van der Waals surface area contributed by atoms with E-state index in [-0.39, 0.29) is 0 Å². The molecule has 0 aromatic heterocycles. The highest BCUT2D eigenvalue weighted by Crippen LogP contribution is 2.33. The summed E-state index contributed by atoms with van der Waals surface area (Å²) in [6.07, 6.45) is 0. The third-order valence-corrected chi connectivity index (χ3v) is 6.16. The van der Waals surface area contributed by atoms with Crippen LogP contribution in [0, 0.1) is 0 Å². The van der Waals surface area contributed by atoms with Crippen LogP contribution in [0.5, 0.6) is 0 Å². The highest BCUT2D eigenvalue weighted by molar-refractivity contribution is 9.10. The van der Waals surface area contributed by atoms with E-state index in [0.29, 0.717) is 4.90 Å². The summed E-state index contributed by atoms with van der Waals surface area (Å²) in [7, 11) is -3.38. The maximum atomic E-state index is 12.3. The summed E-state index contributed by atoms with van der Waals surface area (Å²) in [5.41, 5.74) is 0.733. The van der Waals surface area contributed by atoms with Crippen molar-refractivity contribution in [2.45, 2.75) is 9.05 Å². The standard InChI is InChI=1S/C13H11BrO2S/c14-13(11-7-3-1-4-8-11)17(15,16)12-9-5-2-6-10-12/h1-10,13H. The van der Waals surface area contributed by atoms with Gasteiger partial charge in [-0.15, -0.1) is 0 Å². The van der Waals surface area contributed by atoms with Gasteiger partial charge in [-0.05, 0) is 17.7 Å². The maximum absolute atomic E-state index is 12.3. The van der Waals surface area contributed by atoms with E-state index in [0.717, 1.165) is 5.56 Å². The smallest absolute Gasteiger partial charge is 0.195 e. The normalized spacial score (nSPS) is 13.2. The molecule has 0 bridgehead atoms. The van der Waals surface area contributed by atoms with Gasteiger partial charge in [0.05, 0.1) is 4.90 Å². The first-order valence-electron chi connectivity index (χ1n) is 5.10. The van der Waals surface area contributed by atoms with Crippen LogP contribution in [0.3, 0.4) is 0 Å². The Labute approximate surface area is 109 Å². The Morgan fingerprint density at radius 1 is 0.824 bits per heavy atom. The predicted octanol–water partition coefficient (Wildman–Crippen LogP) is 3.55. The summed E-state index contributed by atoms with van der Waals surface area (Å²) in [4.78, 5) is 0.325. The van der Waals surface area contributed by atoms with Gasteiger partial charge in [0.15, 0.2) is 9.84 Å².